The van der Waals surface area contributed by atoms with Crippen LogP contribution in [-0.2, 0) is 6.54 Å². The highest BCUT2D eigenvalue weighted by atomic mass is 32.1. The number of thiocarbonyl (C=S) groups is 1. The van der Waals surface area contributed by atoms with E-state index in [2.05, 4.69) is 5.32 Å². The number of nitrogens with zero attached hydrogens (tertiary/aromatic N) is 1. The van der Waals surface area contributed by atoms with Crippen LogP contribution in [0.1, 0.15) is 11.1 Å². The molecule has 0 radical (unpaired) electrons. The number of ether oxygens (including phenoxy) is 1. The van der Waals surface area contributed by atoms with Gasteiger partial charge in [-0.15, -0.1) is 0 Å². The van der Waals surface area contributed by atoms with Crippen molar-refractivity contribution in [2.45, 2.75) is 13.5 Å². The molecule has 0 aromatic heterocycles. The zero-order valence-corrected chi connectivity index (χ0v) is 13.7. The van der Waals surface area contributed by atoms with Crippen LogP contribution in [-0.4, -0.2) is 24.2 Å². The third-order valence-corrected chi connectivity index (χ3v) is 3.76. The molecule has 0 fully saturated rings. The summed E-state index contributed by atoms with van der Waals surface area (Å²) in [6.45, 7) is 2.39. The summed E-state index contributed by atoms with van der Waals surface area (Å²) in [5, 5.41) is 3.59. The molecule has 1 N–H and O–H groups in total. The minimum Gasteiger partial charge on any atom is -0.497 e. The van der Waals surface area contributed by atoms with Gasteiger partial charge in [-0.2, -0.15) is 0 Å². The molecule has 2 rings (SSSR count). The molecular weight excluding hydrogens is 299 g/mol. The SMILES string of the molecule is COc1ccc(CN(C)C(=S)Nc2ccc(C)c(F)c2)cc1. The van der Waals surface area contributed by atoms with Gasteiger partial charge in [0.15, 0.2) is 5.11 Å². The van der Waals surface area contributed by atoms with Crippen LogP contribution in [0.3, 0.4) is 0 Å². The number of anilines is 1. The van der Waals surface area contributed by atoms with E-state index in [0.717, 1.165) is 11.3 Å². The zero-order valence-electron chi connectivity index (χ0n) is 12.9. The van der Waals surface area contributed by atoms with Crippen LogP contribution in [0.5, 0.6) is 5.75 Å². The summed E-state index contributed by atoms with van der Waals surface area (Å²) >= 11 is 5.35. The lowest BCUT2D eigenvalue weighted by molar-refractivity contribution is 0.414. The van der Waals surface area contributed by atoms with Gasteiger partial charge in [-0.1, -0.05) is 18.2 Å². The van der Waals surface area contributed by atoms with Gasteiger partial charge in [-0.3, -0.25) is 0 Å². The van der Waals surface area contributed by atoms with Crippen LogP contribution in [0.2, 0.25) is 0 Å². The van der Waals surface area contributed by atoms with Gasteiger partial charge in [-0.05, 0) is 54.5 Å². The maximum Gasteiger partial charge on any atom is 0.173 e. The van der Waals surface area contributed by atoms with E-state index in [0.29, 0.717) is 22.9 Å². The second kappa shape index (κ2) is 7.22. The summed E-state index contributed by atoms with van der Waals surface area (Å²) in [5.74, 6) is 0.577. The fraction of sp³-hybridized carbons (Fsp3) is 0.235. The molecular formula is C17H19FN2OS. The third-order valence-electron chi connectivity index (χ3n) is 3.35. The highest BCUT2D eigenvalue weighted by Gasteiger charge is 2.07. The Hall–Kier alpha value is -2.14. The molecule has 0 aliphatic heterocycles. The van der Waals surface area contributed by atoms with Gasteiger partial charge in [0.25, 0.3) is 0 Å². The maximum absolute atomic E-state index is 13.5. The molecule has 0 heterocycles. The normalized spacial score (nSPS) is 10.2. The molecule has 22 heavy (non-hydrogen) atoms. The Morgan fingerprint density at radius 2 is 1.91 bits per heavy atom. The van der Waals surface area contributed by atoms with Crippen molar-refractivity contribution in [3.8, 4) is 5.75 Å². The largest absolute Gasteiger partial charge is 0.497 e. The monoisotopic (exact) mass is 318 g/mol. The molecule has 0 aliphatic carbocycles. The highest BCUT2D eigenvalue weighted by Crippen LogP contribution is 2.15. The summed E-state index contributed by atoms with van der Waals surface area (Å²) < 4.78 is 18.7. The fourth-order valence-corrected chi connectivity index (χ4v) is 2.15. The van der Waals surface area contributed by atoms with Gasteiger partial charge in [0.2, 0.25) is 0 Å². The Morgan fingerprint density at radius 1 is 1.23 bits per heavy atom. The van der Waals surface area contributed by atoms with E-state index in [4.69, 9.17) is 17.0 Å². The van der Waals surface area contributed by atoms with Gasteiger partial charge >= 0.3 is 0 Å². The first-order valence-electron chi connectivity index (χ1n) is 6.91. The summed E-state index contributed by atoms with van der Waals surface area (Å²) in [7, 11) is 3.53. The van der Waals surface area contributed by atoms with Crippen molar-refractivity contribution in [3.63, 3.8) is 0 Å². The maximum atomic E-state index is 13.5. The van der Waals surface area contributed by atoms with Crippen molar-refractivity contribution in [2.24, 2.45) is 0 Å². The molecule has 5 heteroatoms. The van der Waals surface area contributed by atoms with Crippen molar-refractivity contribution in [1.29, 1.82) is 0 Å². The Morgan fingerprint density at radius 3 is 2.50 bits per heavy atom. The quantitative estimate of drug-likeness (QED) is 0.862. The number of rotatable bonds is 4. The van der Waals surface area contributed by atoms with Crippen LogP contribution < -0.4 is 10.1 Å². The number of methoxy groups -OCH3 is 1. The number of aryl methyl sites for hydroxylation is 1. The Kier molecular flexibility index (Phi) is 5.33. The van der Waals surface area contributed by atoms with Gasteiger partial charge in [-0.25, -0.2) is 4.39 Å². The Balaban J connectivity index is 1.97. The van der Waals surface area contributed by atoms with E-state index in [1.54, 1.807) is 20.1 Å². The molecule has 0 bridgehead atoms. The minimum atomic E-state index is -0.245. The molecule has 0 unspecified atom stereocenters. The molecule has 0 amide bonds. The topological polar surface area (TPSA) is 24.5 Å². The summed E-state index contributed by atoms with van der Waals surface area (Å²) in [5.41, 5.74) is 2.38. The van der Waals surface area contributed by atoms with Crippen molar-refractivity contribution in [1.82, 2.24) is 4.90 Å². The van der Waals surface area contributed by atoms with Crippen LogP contribution >= 0.6 is 12.2 Å². The molecule has 2 aromatic rings. The van der Waals surface area contributed by atoms with E-state index in [9.17, 15) is 4.39 Å². The Labute approximate surface area is 135 Å². The van der Waals surface area contributed by atoms with Gasteiger partial charge in [0.05, 0.1) is 7.11 Å². The van der Waals surface area contributed by atoms with Crippen LogP contribution in [0, 0.1) is 12.7 Å². The zero-order chi connectivity index (χ0) is 16.1. The Bertz CT molecular complexity index is 658. The summed E-state index contributed by atoms with van der Waals surface area (Å²) in [4.78, 5) is 1.90. The van der Waals surface area contributed by atoms with E-state index < -0.39 is 0 Å². The standard InChI is InChI=1S/C17H19FN2OS/c1-12-4-7-14(10-16(12)18)19-17(22)20(2)11-13-5-8-15(21-3)9-6-13/h4-10H,11H2,1-3H3,(H,19,22). The number of nitrogens with one attached hydrogen (secondary N) is 1. The highest BCUT2D eigenvalue weighted by molar-refractivity contribution is 7.80. The van der Waals surface area contributed by atoms with Crippen LogP contribution in [0.25, 0.3) is 0 Å². The second-order valence-electron chi connectivity index (χ2n) is 5.10. The number of hydrogen-bond acceptors (Lipinski definition) is 2. The summed E-state index contributed by atoms with van der Waals surface area (Å²) in [6.07, 6.45) is 0. The van der Waals surface area contributed by atoms with Crippen molar-refractivity contribution in [3.05, 3.63) is 59.4 Å². The van der Waals surface area contributed by atoms with Crippen LogP contribution in [0.15, 0.2) is 42.5 Å². The smallest absolute Gasteiger partial charge is 0.173 e. The predicted octanol–water partition coefficient (Wildman–Crippen LogP) is 3.97. The summed E-state index contributed by atoms with van der Waals surface area (Å²) in [6, 6.07) is 12.8. The molecule has 116 valence electrons. The van der Waals surface area contributed by atoms with Gasteiger partial charge in [0.1, 0.15) is 11.6 Å². The van der Waals surface area contributed by atoms with Crippen molar-refractivity contribution >= 4 is 23.0 Å². The number of halogens is 1. The molecule has 0 spiro atoms. The van der Waals surface area contributed by atoms with E-state index in [1.165, 1.54) is 6.07 Å². The lowest BCUT2D eigenvalue weighted by Crippen LogP contribution is -2.30. The first-order chi connectivity index (χ1) is 10.5. The number of benzene rings is 2. The van der Waals surface area contributed by atoms with Crippen molar-refractivity contribution in [2.75, 3.05) is 19.5 Å². The predicted molar refractivity (Wildman–Crippen MR) is 91.8 cm³/mol. The minimum absolute atomic E-state index is 0.245. The van der Waals surface area contributed by atoms with Gasteiger partial charge < -0.3 is 15.0 Å². The van der Waals surface area contributed by atoms with E-state index >= 15 is 0 Å². The van der Waals surface area contributed by atoms with Gasteiger partial charge in [0, 0.05) is 19.3 Å². The van der Waals surface area contributed by atoms with Crippen LogP contribution in [0.4, 0.5) is 10.1 Å². The first kappa shape index (κ1) is 16.2. The first-order valence-corrected chi connectivity index (χ1v) is 7.31. The average molecular weight is 318 g/mol. The molecule has 0 atom stereocenters. The average Bonchev–Trinajstić information content (AvgIpc) is 2.51. The fourth-order valence-electron chi connectivity index (χ4n) is 1.97. The second-order valence-corrected chi connectivity index (χ2v) is 5.48. The lowest BCUT2D eigenvalue weighted by atomic mass is 10.2. The van der Waals surface area contributed by atoms with E-state index in [-0.39, 0.29) is 5.82 Å². The molecule has 0 aliphatic rings. The molecule has 2 aromatic carbocycles. The number of hydrogen-bond donors (Lipinski definition) is 1. The van der Waals surface area contributed by atoms with E-state index in [1.807, 2.05) is 42.3 Å². The van der Waals surface area contributed by atoms with Crippen molar-refractivity contribution < 1.29 is 9.13 Å². The molecule has 3 nitrogen and oxygen atoms in total. The lowest BCUT2D eigenvalue weighted by Gasteiger charge is -2.21. The third kappa shape index (κ3) is 4.18. The molecule has 0 saturated carbocycles. The molecule has 0 saturated heterocycles.